The number of amidine groups is 2. The number of hydrazone groups is 1. The van der Waals surface area contributed by atoms with Crippen LogP contribution in [0.1, 0.15) is 36.8 Å². The van der Waals surface area contributed by atoms with Gasteiger partial charge >= 0.3 is 0 Å². The van der Waals surface area contributed by atoms with Crippen LogP contribution < -0.4 is 9.47 Å². The third kappa shape index (κ3) is 6.13. The molecule has 1 N–H and O–H groups in total. The molecule has 0 radical (unpaired) electrons. The molecular weight excluding hydrogens is 502 g/mol. The van der Waals surface area contributed by atoms with Gasteiger partial charge in [0.15, 0.2) is 5.84 Å². The van der Waals surface area contributed by atoms with E-state index in [4.69, 9.17) is 14.9 Å². The fraction of sp³-hybridized carbons (Fsp3) is 0.321. The fourth-order valence-electron chi connectivity index (χ4n) is 4.21. The summed E-state index contributed by atoms with van der Waals surface area (Å²) in [5, 5.41) is 15.1. The average molecular weight is 532 g/mol. The van der Waals surface area contributed by atoms with Crippen LogP contribution in [0, 0.1) is 12.3 Å². The highest BCUT2D eigenvalue weighted by Crippen LogP contribution is 2.30. The molecule has 3 aliphatic heterocycles. The van der Waals surface area contributed by atoms with Gasteiger partial charge in [0.05, 0.1) is 25.2 Å². The Morgan fingerprint density at radius 2 is 1.66 bits per heavy atom. The molecule has 5 rings (SSSR count). The van der Waals surface area contributed by atoms with Crippen LogP contribution in [0.2, 0.25) is 0 Å². The number of aliphatic imine (C=N–C) groups is 1. The molecule has 2 aromatic carbocycles. The number of likely N-dealkylation sites (tertiary alicyclic amines) is 1. The highest BCUT2D eigenvalue weighted by atomic mass is 32.2. The summed E-state index contributed by atoms with van der Waals surface area (Å²) in [5.41, 5.74) is 2.08. The van der Waals surface area contributed by atoms with E-state index in [0.29, 0.717) is 29.2 Å². The number of amides is 2. The van der Waals surface area contributed by atoms with Crippen LogP contribution in [0.4, 0.5) is 0 Å². The first kappa shape index (κ1) is 25.7. The highest BCUT2D eigenvalue weighted by molar-refractivity contribution is 8.27. The molecule has 0 unspecified atom stereocenters. The standard InChI is InChI=1S/C28H29N5O4S/c1-19-5-9-21(10-6-19)36-15-4-16-37-22-11-7-20(8-12-22)17-23-26(29)33-28(30-27(23)35)38-24(31-33)18-25(34)32-13-2-3-14-32/h5-12,17,29H,2-4,13-16,18H2,1H3/b23-17-,29-26?. The van der Waals surface area contributed by atoms with Crippen LogP contribution in [0.5, 0.6) is 11.5 Å². The second-order valence-corrected chi connectivity index (χ2v) is 10.3. The van der Waals surface area contributed by atoms with E-state index in [1.54, 1.807) is 6.08 Å². The smallest absolute Gasteiger partial charge is 0.283 e. The fourth-order valence-corrected chi connectivity index (χ4v) is 5.09. The summed E-state index contributed by atoms with van der Waals surface area (Å²) >= 11 is 1.17. The van der Waals surface area contributed by atoms with Crippen LogP contribution in [0.15, 0.2) is 64.2 Å². The molecule has 196 valence electrons. The lowest BCUT2D eigenvalue weighted by atomic mass is 10.1. The predicted octanol–water partition coefficient (Wildman–Crippen LogP) is 4.47. The number of hydrogen-bond donors (Lipinski definition) is 1. The molecule has 9 nitrogen and oxygen atoms in total. The van der Waals surface area contributed by atoms with Crippen LogP contribution >= 0.6 is 11.8 Å². The Morgan fingerprint density at radius 3 is 2.32 bits per heavy atom. The highest BCUT2D eigenvalue weighted by Gasteiger charge is 2.36. The zero-order valence-corrected chi connectivity index (χ0v) is 22.0. The van der Waals surface area contributed by atoms with Crippen molar-refractivity contribution in [3.8, 4) is 11.5 Å². The number of ether oxygens (including phenoxy) is 2. The minimum atomic E-state index is -0.495. The number of nitrogens with zero attached hydrogens (tertiary/aromatic N) is 4. The summed E-state index contributed by atoms with van der Waals surface area (Å²) in [6, 6.07) is 15.2. The number of aryl methyl sites for hydroxylation is 1. The number of thioether (sulfide) groups is 1. The van der Waals surface area contributed by atoms with Crippen molar-refractivity contribution in [2.75, 3.05) is 26.3 Å². The van der Waals surface area contributed by atoms with Crippen molar-refractivity contribution in [2.45, 2.75) is 32.6 Å². The Kier molecular flexibility index (Phi) is 7.88. The van der Waals surface area contributed by atoms with Crippen molar-refractivity contribution in [2.24, 2.45) is 10.1 Å². The summed E-state index contributed by atoms with van der Waals surface area (Å²) < 4.78 is 11.5. The Balaban J connectivity index is 1.14. The van der Waals surface area contributed by atoms with Crippen LogP contribution in [0.3, 0.4) is 0 Å². The van der Waals surface area contributed by atoms with Crippen LogP contribution in [-0.4, -0.2) is 64.1 Å². The number of fused-ring (bicyclic) bond motifs is 1. The predicted molar refractivity (Wildman–Crippen MR) is 149 cm³/mol. The molecule has 38 heavy (non-hydrogen) atoms. The normalized spacial score (nSPS) is 18.0. The van der Waals surface area contributed by atoms with Gasteiger partial charge in [0.25, 0.3) is 5.91 Å². The van der Waals surface area contributed by atoms with Gasteiger partial charge in [0.2, 0.25) is 11.1 Å². The van der Waals surface area contributed by atoms with Crippen molar-refractivity contribution >= 4 is 45.7 Å². The maximum absolute atomic E-state index is 12.7. The largest absolute Gasteiger partial charge is 0.493 e. The Morgan fingerprint density at radius 1 is 1.03 bits per heavy atom. The summed E-state index contributed by atoms with van der Waals surface area (Å²) in [6.07, 6.45) is 4.56. The van der Waals surface area contributed by atoms with E-state index in [1.165, 1.54) is 22.3 Å². The lowest BCUT2D eigenvalue weighted by molar-refractivity contribution is -0.128. The van der Waals surface area contributed by atoms with Gasteiger partial charge in [-0.3, -0.25) is 15.0 Å². The molecule has 1 saturated heterocycles. The van der Waals surface area contributed by atoms with E-state index < -0.39 is 5.91 Å². The second-order valence-electron chi connectivity index (χ2n) is 9.21. The summed E-state index contributed by atoms with van der Waals surface area (Å²) in [6.45, 7) is 4.66. The van der Waals surface area contributed by atoms with E-state index >= 15 is 0 Å². The third-order valence-electron chi connectivity index (χ3n) is 6.30. The summed E-state index contributed by atoms with van der Waals surface area (Å²) in [4.78, 5) is 31.1. The number of benzene rings is 2. The Hall–Kier alpha value is -3.92. The zero-order chi connectivity index (χ0) is 26.5. The zero-order valence-electron chi connectivity index (χ0n) is 21.2. The van der Waals surface area contributed by atoms with Crippen molar-refractivity contribution < 1.29 is 19.1 Å². The van der Waals surface area contributed by atoms with Gasteiger partial charge in [-0.25, -0.2) is 0 Å². The average Bonchev–Trinajstić information content (AvgIpc) is 3.59. The SMILES string of the molecule is Cc1ccc(OCCCOc2ccc(/C=C3/C(=N)N4N=C(CC(=O)N5CCCC5)SC4=NC3=O)cc2)cc1. The summed E-state index contributed by atoms with van der Waals surface area (Å²) in [7, 11) is 0. The molecule has 0 bridgehead atoms. The molecule has 0 aliphatic carbocycles. The van der Waals surface area contributed by atoms with Crippen LogP contribution in [0.25, 0.3) is 6.08 Å². The maximum Gasteiger partial charge on any atom is 0.283 e. The minimum Gasteiger partial charge on any atom is -0.493 e. The lowest BCUT2D eigenvalue weighted by Gasteiger charge is -2.20. The third-order valence-corrected chi connectivity index (χ3v) is 7.20. The number of carbonyl (C=O) groups is 2. The van der Waals surface area contributed by atoms with Gasteiger partial charge in [-0.1, -0.05) is 29.8 Å². The van der Waals surface area contributed by atoms with Crippen LogP contribution in [-0.2, 0) is 9.59 Å². The maximum atomic E-state index is 12.7. The number of hydrogen-bond acceptors (Lipinski definition) is 7. The van der Waals surface area contributed by atoms with Crippen molar-refractivity contribution in [1.29, 1.82) is 5.41 Å². The van der Waals surface area contributed by atoms with Gasteiger partial charge in [-0.05, 0) is 67.4 Å². The lowest BCUT2D eigenvalue weighted by Crippen LogP contribution is -2.35. The number of rotatable bonds is 9. The molecular formula is C28H29N5O4S. The second kappa shape index (κ2) is 11.6. The molecule has 0 saturated carbocycles. The minimum absolute atomic E-state index is 0.0175. The van der Waals surface area contributed by atoms with Crippen molar-refractivity contribution in [1.82, 2.24) is 9.91 Å². The molecule has 0 spiro atoms. The molecule has 2 aromatic rings. The Bertz CT molecular complexity index is 1310. The molecule has 1 fully saturated rings. The topological polar surface area (TPSA) is 108 Å². The molecule has 10 heteroatoms. The first-order chi connectivity index (χ1) is 18.5. The van der Waals surface area contributed by atoms with E-state index in [1.807, 2.05) is 60.4 Å². The molecule has 0 aromatic heterocycles. The van der Waals surface area contributed by atoms with Gasteiger partial charge in [0.1, 0.15) is 16.5 Å². The number of nitrogens with one attached hydrogen (secondary N) is 1. The number of carbonyl (C=O) groups excluding carboxylic acids is 2. The Labute approximate surface area is 225 Å². The first-order valence-corrected chi connectivity index (χ1v) is 13.5. The van der Waals surface area contributed by atoms with Gasteiger partial charge < -0.3 is 14.4 Å². The van der Waals surface area contributed by atoms with Gasteiger partial charge in [0, 0.05) is 19.5 Å². The quantitative estimate of drug-likeness (QED) is 0.378. The van der Waals surface area contributed by atoms with E-state index in [9.17, 15) is 9.59 Å². The monoisotopic (exact) mass is 531 g/mol. The van der Waals surface area contributed by atoms with E-state index in [-0.39, 0.29) is 23.7 Å². The molecule has 3 heterocycles. The van der Waals surface area contributed by atoms with E-state index in [0.717, 1.165) is 43.7 Å². The van der Waals surface area contributed by atoms with Crippen molar-refractivity contribution in [3.63, 3.8) is 0 Å². The van der Waals surface area contributed by atoms with E-state index in [2.05, 4.69) is 10.1 Å². The first-order valence-electron chi connectivity index (χ1n) is 12.7. The molecule has 2 amide bonds. The molecule has 3 aliphatic rings. The van der Waals surface area contributed by atoms with Crippen molar-refractivity contribution in [3.05, 3.63) is 65.2 Å². The van der Waals surface area contributed by atoms with Gasteiger partial charge in [-0.15, -0.1) is 0 Å². The summed E-state index contributed by atoms with van der Waals surface area (Å²) in [5.74, 6) is 1.02. The van der Waals surface area contributed by atoms with Gasteiger partial charge in [-0.2, -0.15) is 15.1 Å². The molecule has 0 atom stereocenters.